The quantitative estimate of drug-likeness (QED) is 0.625. The van der Waals surface area contributed by atoms with Crippen LogP contribution in [0.4, 0.5) is 11.4 Å². The van der Waals surface area contributed by atoms with Crippen molar-refractivity contribution in [2.75, 3.05) is 43.5 Å². The first-order valence-electron chi connectivity index (χ1n) is 11.9. The van der Waals surface area contributed by atoms with Crippen LogP contribution in [0.5, 0.6) is 5.75 Å². The van der Waals surface area contributed by atoms with Crippen LogP contribution < -0.4 is 15.4 Å². The Morgan fingerprint density at radius 2 is 1.76 bits per heavy atom. The second kappa shape index (κ2) is 11.7. The van der Waals surface area contributed by atoms with Gasteiger partial charge in [0.15, 0.2) is 0 Å². The fourth-order valence-corrected chi connectivity index (χ4v) is 4.20. The summed E-state index contributed by atoms with van der Waals surface area (Å²) >= 11 is 0. The van der Waals surface area contributed by atoms with Gasteiger partial charge < -0.3 is 25.0 Å². The molecule has 2 saturated heterocycles. The van der Waals surface area contributed by atoms with Crippen LogP contribution in [0.3, 0.4) is 0 Å². The van der Waals surface area contributed by atoms with Crippen LogP contribution in [0.1, 0.15) is 48.9 Å². The molecule has 0 aromatic heterocycles. The molecule has 2 aliphatic heterocycles. The van der Waals surface area contributed by atoms with Crippen LogP contribution >= 0.6 is 0 Å². The van der Waals surface area contributed by atoms with E-state index in [0.717, 1.165) is 51.1 Å². The smallest absolute Gasteiger partial charge is 0.253 e. The number of anilines is 2. The number of carbonyl (C=O) groups excluding carboxylic acids is 2. The van der Waals surface area contributed by atoms with Gasteiger partial charge in [-0.3, -0.25) is 9.59 Å². The Hall–Kier alpha value is -3.06. The molecule has 0 saturated carbocycles. The lowest BCUT2D eigenvalue weighted by molar-refractivity contribution is -0.114. The molecular formula is C26H33N3O4. The molecule has 33 heavy (non-hydrogen) atoms. The van der Waals surface area contributed by atoms with Crippen LogP contribution in [0.25, 0.3) is 0 Å². The van der Waals surface area contributed by atoms with Gasteiger partial charge in [-0.1, -0.05) is 18.9 Å². The van der Waals surface area contributed by atoms with Crippen molar-refractivity contribution >= 4 is 23.2 Å². The van der Waals surface area contributed by atoms with Crippen molar-refractivity contribution in [3.63, 3.8) is 0 Å². The Labute approximate surface area is 195 Å². The number of carbonyl (C=O) groups is 2. The molecular weight excluding hydrogens is 418 g/mol. The molecule has 2 heterocycles. The monoisotopic (exact) mass is 451 g/mol. The van der Waals surface area contributed by atoms with Crippen LogP contribution in [0.2, 0.25) is 0 Å². The predicted octanol–water partition coefficient (Wildman–Crippen LogP) is 4.31. The van der Waals surface area contributed by atoms with Gasteiger partial charge in [-0.05, 0) is 62.1 Å². The summed E-state index contributed by atoms with van der Waals surface area (Å²) in [5.74, 6) is 0.639. The minimum Gasteiger partial charge on any atom is -0.491 e. The van der Waals surface area contributed by atoms with Gasteiger partial charge in [0.25, 0.3) is 5.91 Å². The zero-order valence-electron chi connectivity index (χ0n) is 19.1. The molecule has 0 spiro atoms. The van der Waals surface area contributed by atoms with E-state index in [1.165, 1.54) is 12.8 Å². The number of hydrogen-bond acceptors (Lipinski definition) is 5. The number of benzene rings is 2. The fourth-order valence-electron chi connectivity index (χ4n) is 4.20. The van der Waals surface area contributed by atoms with Crippen molar-refractivity contribution < 1.29 is 19.1 Å². The number of amides is 2. The van der Waals surface area contributed by atoms with Crippen molar-refractivity contribution in [3.05, 3.63) is 54.1 Å². The van der Waals surface area contributed by atoms with Gasteiger partial charge in [0.1, 0.15) is 12.4 Å². The molecule has 1 unspecified atom stereocenters. The van der Waals surface area contributed by atoms with Crippen LogP contribution in [0.15, 0.2) is 48.5 Å². The Balaban J connectivity index is 1.23. The lowest BCUT2D eigenvalue weighted by Gasteiger charge is -2.20. The molecule has 0 radical (unpaired) electrons. The molecule has 7 nitrogen and oxygen atoms in total. The summed E-state index contributed by atoms with van der Waals surface area (Å²) in [6, 6.07) is 14.7. The highest BCUT2D eigenvalue weighted by atomic mass is 16.5. The second-order valence-corrected chi connectivity index (χ2v) is 8.66. The Bertz CT molecular complexity index is 917. The number of rotatable bonds is 8. The van der Waals surface area contributed by atoms with E-state index >= 15 is 0 Å². The van der Waals surface area contributed by atoms with Gasteiger partial charge in [0.2, 0.25) is 5.91 Å². The molecule has 2 aromatic carbocycles. The minimum absolute atomic E-state index is 0.0859. The number of likely N-dealkylation sites (tertiary alicyclic amines) is 1. The van der Waals surface area contributed by atoms with E-state index in [1.807, 2.05) is 53.4 Å². The third kappa shape index (κ3) is 6.96. The SMILES string of the molecule is O=C(CNc1ccc(C(=O)N2CCCCCC2)cc1)Nc1cccc(OCC2CCCO2)c1. The van der Waals surface area contributed by atoms with Crippen LogP contribution in [-0.2, 0) is 9.53 Å². The lowest BCUT2D eigenvalue weighted by Crippen LogP contribution is -2.31. The highest BCUT2D eigenvalue weighted by Crippen LogP contribution is 2.20. The standard InChI is InChI=1S/C26H33N3O4/c30-25(28-22-7-5-8-23(17-22)33-19-24-9-6-16-32-24)18-27-21-12-10-20(11-13-21)26(31)29-14-3-1-2-4-15-29/h5,7-8,10-13,17,24,27H,1-4,6,9,14-16,18-19H2,(H,28,30). The summed E-state index contributed by atoms with van der Waals surface area (Å²) in [4.78, 5) is 27.0. The molecule has 2 amide bonds. The van der Waals surface area contributed by atoms with E-state index in [4.69, 9.17) is 9.47 Å². The largest absolute Gasteiger partial charge is 0.491 e. The van der Waals surface area contributed by atoms with E-state index in [9.17, 15) is 9.59 Å². The van der Waals surface area contributed by atoms with Crippen molar-refractivity contribution in [1.82, 2.24) is 4.90 Å². The maximum atomic E-state index is 12.7. The second-order valence-electron chi connectivity index (χ2n) is 8.66. The maximum Gasteiger partial charge on any atom is 0.253 e. The van der Waals surface area contributed by atoms with Gasteiger partial charge >= 0.3 is 0 Å². The Kier molecular flexibility index (Phi) is 8.19. The van der Waals surface area contributed by atoms with Crippen LogP contribution in [-0.4, -0.2) is 55.7 Å². The zero-order chi connectivity index (χ0) is 22.9. The van der Waals surface area contributed by atoms with Crippen molar-refractivity contribution in [2.24, 2.45) is 0 Å². The third-order valence-corrected chi connectivity index (χ3v) is 6.06. The van der Waals surface area contributed by atoms with Crippen molar-refractivity contribution in [3.8, 4) is 5.75 Å². The van der Waals surface area contributed by atoms with Crippen LogP contribution in [0, 0.1) is 0 Å². The Morgan fingerprint density at radius 1 is 0.970 bits per heavy atom. The summed E-state index contributed by atoms with van der Waals surface area (Å²) in [5.41, 5.74) is 2.17. The summed E-state index contributed by atoms with van der Waals surface area (Å²) in [6.45, 7) is 3.11. The molecule has 2 aliphatic rings. The Morgan fingerprint density at radius 3 is 2.48 bits per heavy atom. The molecule has 2 N–H and O–H groups in total. The summed E-state index contributed by atoms with van der Waals surface area (Å²) in [5, 5.41) is 6.00. The average Bonchev–Trinajstić information content (AvgIpc) is 3.22. The van der Waals surface area contributed by atoms with E-state index in [0.29, 0.717) is 23.6 Å². The molecule has 1 atom stereocenters. The molecule has 0 aliphatic carbocycles. The fraction of sp³-hybridized carbons (Fsp3) is 0.462. The predicted molar refractivity (Wildman–Crippen MR) is 129 cm³/mol. The number of hydrogen-bond donors (Lipinski definition) is 2. The van der Waals surface area contributed by atoms with Gasteiger partial charge in [-0.2, -0.15) is 0 Å². The van der Waals surface area contributed by atoms with Crippen molar-refractivity contribution in [1.29, 1.82) is 0 Å². The van der Waals surface area contributed by atoms with Crippen molar-refractivity contribution in [2.45, 2.75) is 44.6 Å². The maximum absolute atomic E-state index is 12.7. The van der Waals surface area contributed by atoms with Gasteiger partial charge in [0, 0.05) is 42.7 Å². The first-order chi connectivity index (χ1) is 16.2. The summed E-state index contributed by atoms with van der Waals surface area (Å²) in [7, 11) is 0. The first-order valence-corrected chi connectivity index (χ1v) is 11.9. The molecule has 2 fully saturated rings. The average molecular weight is 452 g/mol. The zero-order valence-corrected chi connectivity index (χ0v) is 19.1. The summed E-state index contributed by atoms with van der Waals surface area (Å²) in [6.07, 6.45) is 6.79. The number of nitrogens with one attached hydrogen (secondary N) is 2. The number of nitrogens with zero attached hydrogens (tertiary/aromatic N) is 1. The summed E-state index contributed by atoms with van der Waals surface area (Å²) < 4.78 is 11.4. The molecule has 7 heteroatoms. The van der Waals surface area contributed by atoms with E-state index in [1.54, 1.807) is 0 Å². The molecule has 0 bridgehead atoms. The van der Waals surface area contributed by atoms with E-state index < -0.39 is 0 Å². The molecule has 2 aromatic rings. The van der Waals surface area contributed by atoms with Gasteiger partial charge in [-0.25, -0.2) is 0 Å². The number of ether oxygens (including phenoxy) is 2. The normalized spacial score (nSPS) is 18.4. The highest BCUT2D eigenvalue weighted by Gasteiger charge is 2.17. The third-order valence-electron chi connectivity index (χ3n) is 6.06. The van der Waals surface area contributed by atoms with Gasteiger partial charge in [0.05, 0.1) is 12.6 Å². The van der Waals surface area contributed by atoms with Gasteiger partial charge in [-0.15, -0.1) is 0 Å². The molecule has 4 rings (SSSR count). The molecule has 176 valence electrons. The van der Waals surface area contributed by atoms with E-state index in [2.05, 4.69) is 10.6 Å². The van der Waals surface area contributed by atoms with E-state index in [-0.39, 0.29) is 24.5 Å². The first kappa shape index (κ1) is 23.1. The minimum atomic E-state index is -0.156. The highest BCUT2D eigenvalue weighted by molar-refractivity contribution is 5.95. The topological polar surface area (TPSA) is 79.9 Å². The lowest BCUT2D eigenvalue weighted by atomic mass is 10.1.